The van der Waals surface area contributed by atoms with Crippen molar-refractivity contribution in [3.8, 4) is 0 Å². The number of carbonyl (C=O) groups is 3. The largest absolute Gasteiger partial charge is 0.348 e. The van der Waals surface area contributed by atoms with Crippen LogP contribution in [-0.2, 0) is 38.5 Å². The van der Waals surface area contributed by atoms with Gasteiger partial charge in [-0.05, 0) is 42.7 Å². The van der Waals surface area contributed by atoms with E-state index >= 15 is 0 Å². The Morgan fingerprint density at radius 3 is 2.00 bits per heavy atom. The van der Waals surface area contributed by atoms with Crippen LogP contribution in [0.4, 0.5) is 0 Å². The van der Waals surface area contributed by atoms with Crippen molar-refractivity contribution >= 4 is 27.7 Å². The Hall–Kier alpha value is -3.04. The topological polar surface area (TPSA) is 113 Å². The summed E-state index contributed by atoms with van der Waals surface area (Å²) in [6, 6.07) is 13.7. The average molecular weight is 458 g/mol. The zero-order valence-electron chi connectivity index (χ0n) is 18.1. The van der Waals surface area contributed by atoms with E-state index in [1.807, 2.05) is 0 Å². The predicted molar refractivity (Wildman–Crippen MR) is 120 cm³/mol. The summed E-state index contributed by atoms with van der Waals surface area (Å²) in [5.74, 6) is -0.690. The first-order valence-electron chi connectivity index (χ1n) is 10.4. The Labute approximate surface area is 188 Å². The Kier molecular flexibility index (Phi) is 7.42. The van der Waals surface area contributed by atoms with Crippen molar-refractivity contribution in [2.24, 2.45) is 0 Å². The third kappa shape index (κ3) is 6.48. The van der Waals surface area contributed by atoms with E-state index in [0.717, 1.165) is 11.1 Å². The van der Waals surface area contributed by atoms with E-state index in [1.165, 1.54) is 4.90 Å². The molecule has 0 atom stereocenters. The number of hydrogen-bond acceptors (Lipinski definition) is 5. The zero-order valence-corrected chi connectivity index (χ0v) is 18.9. The minimum absolute atomic E-state index is 0.0984. The van der Waals surface area contributed by atoms with Crippen molar-refractivity contribution in [3.63, 3.8) is 0 Å². The van der Waals surface area contributed by atoms with Crippen LogP contribution in [0.5, 0.6) is 0 Å². The number of rotatable bonds is 9. The van der Waals surface area contributed by atoms with Crippen LogP contribution in [0.1, 0.15) is 53.7 Å². The Morgan fingerprint density at radius 2 is 1.44 bits per heavy atom. The molecule has 8 nitrogen and oxygen atoms in total. The molecule has 0 aromatic heterocycles. The van der Waals surface area contributed by atoms with Crippen LogP contribution in [0.3, 0.4) is 0 Å². The van der Waals surface area contributed by atoms with Gasteiger partial charge in [-0.1, -0.05) is 36.4 Å². The lowest BCUT2D eigenvalue weighted by molar-refractivity contribution is -0.139. The van der Waals surface area contributed by atoms with Gasteiger partial charge in [-0.2, -0.15) is 0 Å². The van der Waals surface area contributed by atoms with E-state index in [0.29, 0.717) is 17.7 Å². The molecular formula is C23H27N3O5S. The molecule has 170 valence electrons. The summed E-state index contributed by atoms with van der Waals surface area (Å²) in [6.45, 7) is 4.06. The van der Waals surface area contributed by atoms with Gasteiger partial charge < -0.3 is 5.32 Å². The Bertz CT molecular complexity index is 1080. The van der Waals surface area contributed by atoms with Crippen LogP contribution in [0.2, 0.25) is 0 Å². The normalized spacial score (nSPS) is 14.3. The maximum Gasteiger partial charge on any atom is 0.251 e. The maximum atomic E-state index is 12.4. The fourth-order valence-corrected chi connectivity index (χ4v) is 4.83. The van der Waals surface area contributed by atoms with Crippen LogP contribution in [0.25, 0.3) is 0 Å². The lowest BCUT2D eigenvalue weighted by Gasteiger charge is -2.14. The molecule has 0 radical (unpaired) electrons. The van der Waals surface area contributed by atoms with E-state index < -0.39 is 10.0 Å². The number of imide groups is 1. The second kappa shape index (κ2) is 10.1. The number of nitrogens with zero attached hydrogens (tertiary/aromatic N) is 1. The molecule has 0 unspecified atom stereocenters. The van der Waals surface area contributed by atoms with Gasteiger partial charge in [-0.15, -0.1) is 0 Å². The highest BCUT2D eigenvalue weighted by molar-refractivity contribution is 7.88. The molecule has 32 heavy (non-hydrogen) atoms. The molecule has 1 fully saturated rings. The third-order valence-electron chi connectivity index (χ3n) is 4.96. The van der Waals surface area contributed by atoms with Gasteiger partial charge in [0.05, 0.1) is 12.3 Å². The van der Waals surface area contributed by atoms with Crippen LogP contribution in [0.15, 0.2) is 48.5 Å². The first-order chi connectivity index (χ1) is 15.1. The van der Waals surface area contributed by atoms with E-state index in [-0.39, 0.29) is 48.9 Å². The predicted octanol–water partition coefficient (Wildman–Crippen LogP) is 2.09. The fraction of sp³-hybridized carbons (Fsp3) is 0.348. The van der Waals surface area contributed by atoms with E-state index in [2.05, 4.69) is 10.0 Å². The Morgan fingerprint density at radius 1 is 0.906 bits per heavy atom. The minimum atomic E-state index is -3.39. The number of sulfonamides is 1. The molecular weight excluding hydrogens is 430 g/mol. The van der Waals surface area contributed by atoms with Crippen LogP contribution in [-0.4, -0.2) is 37.1 Å². The zero-order chi connectivity index (χ0) is 23.3. The highest BCUT2D eigenvalue weighted by atomic mass is 32.2. The highest BCUT2D eigenvalue weighted by Crippen LogP contribution is 2.16. The van der Waals surface area contributed by atoms with Gasteiger partial charge in [0.15, 0.2) is 0 Å². The number of likely N-dealkylation sites (tertiary alicyclic amines) is 1. The number of hydrogen-bond donors (Lipinski definition) is 2. The molecule has 0 spiro atoms. The van der Waals surface area contributed by atoms with Crippen LogP contribution >= 0.6 is 0 Å². The molecule has 1 saturated heterocycles. The lowest BCUT2D eigenvalue weighted by Crippen LogP contribution is -2.31. The van der Waals surface area contributed by atoms with Crippen molar-refractivity contribution in [1.29, 1.82) is 0 Å². The van der Waals surface area contributed by atoms with Crippen molar-refractivity contribution in [3.05, 3.63) is 70.8 Å². The van der Waals surface area contributed by atoms with E-state index in [4.69, 9.17) is 0 Å². The summed E-state index contributed by atoms with van der Waals surface area (Å²) >= 11 is 0. The van der Waals surface area contributed by atoms with Crippen molar-refractivity contribution in [2.45, 2.75) is 51.6 Å². The second-order valence-corrected chi connectivity index (χ2v) is 9.86. The first-order valence-corrected chi connectivity index (χ1v) is 12.1. The van der Waals surface area contributed by atoms with Crippen molar-refractivity contribution in [1.82, 2.24) is 14.9 Å². The van der Waals surface area contributed by atoms with Crippen LogP contribution in [0, 0.1) is 0 Å². The molecule has 1 aliphatic rings. The SMILES string of the molecule is CC(C)NS(=O)(=O)Cc1ccc(CNC(=O)c2ccc(CN3C(=O)CCC3=O)cc2)cc1. The number of nitrogens with one attached hydrogen (secondary N) is 2. The number of carbonyl (C=O) groups excluding carboxylic acids is 3. The molecule has 1 aliphatic heterocycles. The quantitative estimate of drug-likeness (QED) is 0.560. The monoisotopic (exact) mass is 457 g/mol. The lowest BCUT2D eigenvalue weighted by atomic mass is 10.1. The second-order valence-electron chi connectivity index (χ2n) is 8.10. The molecule has 9 heteroatoms. The van der Waals surface area contributed by atoms with Crippen LogP contribution < -0.4 is 10.0 Å². The molecule has 3 amide bonds. The minimum Gasteiger partial charge on any atom is -0.348 e. The maximum absolute atomic E-state index is 12.4. The third-order valence-corrected chi connectivity index (χ3v) is 6.50. The number of benzene rings is 2. The number of amides is 3. The molecule has 0 aliphatic carbocycles. The standard InChI is InChI=1S/C23H27N3O5S/c1-16(2)25-32(30,31)15-19-5-3-17(4-6-19)13-24-23(29)20-9-7-18(8-10-20)14-26-21(27)11-12-22(26)28/h3-10,16,25H,11-15H2,1-2H3,(H,24,29). The van der Waals surface area contributed by atoms with E-state index in [9.17, 15) is 22.8 Å². The molecule has 1 heterocycles. The highest BCUT2D eigenvalue weighted by Gasteiger charge is 2.28. The van der Waals surface area contributed by atoms with Gasteiger partial charge in [0.2, 0.25) is 21.8 Å². The summed E-state index contributed by atoms with van der Waals surface area (Å²) in [4.78, 5) is 37.1. The summed E-state index contributed by atoms with van der Waals surface area (Å²) in [5, 5.41) is 2.83. The summed E-state index contributed by atoms with van der Waals surface area (Å²) in [5.41, 5.74) is 2.76. The average Bonchev–Trinajstić information content (AvgIpc) is 3.04. The summed E-state index contributed by atoms with van der Waals surface area (Å²) < 4.78 is 26.6. The van der Waals surface area contributed by atoms with Gasteiger partial charge in [-0.25, -0.2) is 13.1 Å². The Balaban J connectivity index is 1.52. The molecule has 2 aromatic carbocycles. The van der Waals surface area contributed by atoms with Crippen molar-refractivity contribution in [2.75, 3.05) is 0 Å². The summed E-state index contributed by atoms with van der Waals surface area (Å²) in [6.07, 6.45) is 0.510. The molecule has 3 rings (SSSR count). The molecule has 0 bridgehead atoms. The van der Waals surface area contributed by atoms with Gasteiger partial charge in [0, 0.05) is 31.0 Å². The van der Waals surface area contributed by atoms with Crippen molar-refractivity contribution < 1.29 is 22.8 Å². The molecule has 2 aromatic rings. The van der Waals surface area contributed by atoms with Gasteiger partial charge in [-0.3, -0.25) is 19.3 Å². The molecule has 2 N–H and O–H groups in total. The fourth-order valence-electron chi connectivity index (χ4n) is 3.40. The molecule has 0 saturated carbocycles. The summed E-state index contributed by atoms with van der Waals surface area (Å²) in [7, 11) is -3.39. The van der Waals surface area contributed by atoms with Gasteiger partial charge in [0.25, 0.3) is 5.91 Å². The first kappa shape index (κ1) is 23.6. The van der Waals surface area contributed by atoms with Gasteiger partial charge >= 0.3 is 0 Å². The van der Waals surface area contributed by atoms with E-state index in [1.54, 1.807) is 62.4 Å². The van der Waals surface area contributed by atoms with Gasteiger partial charge in [0.1, 0.15) is 0 Å². The smallest absolute Gasteiger partial charge is 0.251 e.